The van der Waals surface area contributed by atoms with Crippen LogP contribution >= 0.6 is 0 Å². The summed E-state index contributed by atoms with van der Waals surface area (Å²) in [4.78, 5) is 14.1. The van der Waals surface area contributed by atoms with Gasteiger partial charge in [-0.05, 0) is 45.2 Å². The quantitative estimate of drug-likeness (QED) is 0.783. The van der Waals surface area contributed by atoms with E-state index in [0.717, 1.165) is 38.6 Å². The van der Waals surface area contributed by atoms with Crippen LogP contribution in [0.1, 0.15) is 51.4 Å². The minimum atomic E-state index is -4.06. The van der Waals surface area contributed by atoms with Gasteiger partial charge in [0.1, 0.15) is 5.78 Å². The molecule has 0 aromatic rings. The molecule has 0 spiro atoms. The minimum absolute atomic E-state index is 0.0853. The van der Waals surface area contributed by atoms with Gasteiger partial charge in [0, 0.05) is 24.8 Å². The molecule has 2 aliphatic rings. The molecular formula is C14H22F3NO. The van der Waals surface area contributed by atoms with Crippen LogP contribution in [0.3, 0.4) is 0 Å². The summed E-state index contributed by atoms with van der Waals surface area (Å²) in [7, 11) is 0. The Balaban J connectivity index is 1.84. The van der Waals surface area contributed by atoms with Crippen molar-refractivity contribution in [2.75, 3.05) is 13.1 Å². The summed E-state index contributed by atoms with van der Waals surface area (Å²) >= 11 is 0. The standard InChI is InChI=1S/C14H22F3NO/c15-14(16,17)8-4-10-18-9-3-6-12(18)11-5-1-2-7-13(11)19/h11-12H,1-10H2. The third kappa shape index (κ3) is 4.20. The molecule has 1 aliphatic carbocycles. The second-order valence-electron chi connectivity index (χ2n) is 5.78. The van der Waals surface area contributed by atoms with Crippen LogP contribution in [-0.2, 0) is 4.79 Å². The van der Waals surface area contributed by atoms with Gasteiger partial charge in [-0.1, -0.05) is 6.42 Å². The Kier molecular flexibility index (Phi) is 4.87. The number of ketones is 1. The van der Waals surface area contributed by atoms with Crippen LogP contribution in [0.25, 0.3) is 0 Å². The summed E-state index contributed by atoms with van der Waals surface area (Å²) in [6.45, 7) is 1.33. The third-order valence-electron chi connectivity index (χ3n) is 4.39. The van der Waals surface area contributed by atoms with Crippen molar-refractivity contribution < 1.29 is 18.0 Å². The number of likely N-dealkylation sites (tertiary alicyclic amines) is 1. The highest BCUT2D eigenvalue weighted by atomic mass is 19.4. The van der Waals surface area contributed by atoms with Gasteiger partial charge in [0.2, 0.25) is 0 Å². The molecule has 0 aromatic heterocycles. The first kappa shape index (κ1) is 14.8. The zero-order valence-electron chi connectivity index (χ0n) is 11.2. The van der Waals surface area contributed by atoms with Crippen LogP contribution in [0.4, 0.5) is 13.2 Å². The van der Waals surface area contributed by atoms with Crippen molar-refractivity contribution in [1.29, 1.82) is 0 Å². The molecule has 1 aliphatic heterocycles. The summed E-state index contributed by atoms with van der Waals surface area (Å²) in [5, 5.41) is 0. The van der Waals surface area contributed by atoms with Gasteiger partial charge >= 0.3 is 6.18 Å². The van der Waals surface area contributed by atoms with Crippen molar-refractivity contribution in [1.82, 2.24) is 4.90 Å². The van der Waals surface area contributed by atoms with E-state index in [1.54, 1.807) is 0 Å². The van der Waals surface area contributed by atoms with Gasteiger partial charge in [-0.25, -0.2) is 0 Å². The van der Waals surface area contributed by atoms with E-state index in [2.05, 4.69) is 4.90 Å². The van der Waals surface area contributed by atoms with Crippen molar-refractivity contribution in [2.45, 2.75) is 63.6 Å². The van der Waals surface area contributed by atoms with Crippen LogP contribution < -0.4 is 0 Å². The van der Waals surface area contributed by atoms with E-state index in [1.807, 2.05) is 0 Å². The van der Waals surface area contributed by atoms with E-state index in [1.165, 1.54) is 0 Å². The second kappa shape index (κ2) is 6.25. The van der Waals surface area contributed by atoms with Gasteiger partial charge in [0.15, 0.2) is 0 Å². The molecule has 0 radical (unpaired) electrons. The van der Waals surface area contributed by atoms with Crippen molar-refractivity contribution in [3.8, 4) is 0 Å². The molecule has 1 heterocycles. The minimum Gasteiger partial charge on any atom is -0.300 e. The number of rotatable bonds is 4. The van der Waals surface area contributed by atoms with Gasteiger partial charge in [0.05, 0.1) is 0 Å². The van der Waals surface area contributed by atoms with E-state index < -0.39 is 12.6 Å². The summed E-state index contributed by atoms with van der Waals surface area (Å²) < 4.78 is 36.5. The van der Waals surface area contributed by atoms with Gasteiger partial charge in [-0.2, -0.15) is 13.2 Å². The lowest BCUT2D eigenvalue weighted by Crippen LogP contribution is -2.41. The topological polar surface area (TPSA) is 20.3 Å². The number of halogens is 3. The number of alkyl halides is 3. The van der Waals surface area contributed by atoms with E-state index in [0.29, 0.717) is 18.7 Å². The maximum absolute atomic E-state index is 12.2. The van der Waals surface area contributed by atoms with Gasteiger partial charge in [-0.15, -0.1) is 0 Å². The van der Waals surface area contributed by atoms with Crippen molar-refractivity contribution in [3.63, 3.8) is 0 Å². The highest BCUT2D eigenvalue weighted by molar-refractivity contribution is 5.82. The summed E-state index contributed by atoms with van der Waals surface area (Å²) in [6, 6.07) is 0.209. The zero-order valence-corrected chi connectivity index (χ0v) is 11.2. The number of hydrogen-bond donors (Lipinski definition) is 0. The molecule has 2 unspecified atom stereocenters. The Morgan fingerprint density at radius 3 is 2.63 bits per heavy atom. The molecule has 2 atom stereocenters. The average Bonchev–Trinajstić information content (AvgIpc) is 2.76. The number of carbonyl (C=O) groups is 1. The lowest BCUT2D eigenvalue weighted by Gasteiger charge is -2.33. The van der Waals surface area contributed by atoms with Gasteiger partial charge in [-0.3, -0.25) is 9.69 Å². The zero-order chi connectivity index (χ0) is 13.9. The van der Waals surface area contributed by atoms with E-state index in [4.69, 9.17) is 0 Å². The predicted molar refractivity (Wildman–Crippen MR) is 66.8 cm³/mol. The molecule has 2 fully saturated rings. The largest absolute Gasteiger partial charge is 0.389 e. The Morgan fingerprint density at radius 1 is 1.16 bits per heavy atom. The Bertz CT molecular complexity index is 316. The molecule has 0 bridgehead atoms. The molecule has 2 rings (SSSR count). The maximum Gasteiger partial charge on any atom is 0.389 e. The van der Waals surface area contributed by atoms with Gasteiger partial charge in [0.25, 0.3) is 0 Å². The Labute approximate surface area is 112 Å². The normalized spacial score (nSPS) is 29.9. The highest BCUT2D eigenvalue weighted by Crippen LogP contribution is 2.33. The lowest BCUT2D eigenvalue weighted by atomic mass is 9.82. The molecular weight excluding hydrogens is 255 g/mol. The fourth-order valence-corrected chi connectivity index (χ4v) is 3.48. The molecule has 0 amide bonds. The molecule has 0 aromatic carbocycles. The number of carbonyl (C=O) groups excluding carboxylic acids is 1. The van der Waals surface area contributed by atoms with Crippen molar-refractivity contribution in [3.05, 3.63) is 0 Å². The predicted octanol–water partition coefficient (Wildman–Crippen LogP) is 3.55. The van der Waals surface area contributed by atoms with Crippen LogP contribution in [0, 0.1) is 5.92 Å². The molecule has 0 N–H and O–H groups in total. The summed E-state index contributed by atoms with van der Waals surface area (Å²) in [6.07, 6.45) is 1.03. The fraction of sp³-hybridized carbons (Fsp3) is 0.929. The maximum atomic E-state index is 12.2. The summed E-state index contributed by atoms with van der Waals surface area (Å²) in [5.74, 6) is 0.418. The van der Waals surface area contributed by atoms with E-state index in [-0.39, 0.29) is 18.4 Å². The summed E-state index contributed by atoms with van der Waals surface area (Å²) in [5.41, 5.74) is 0. The molecule has 19 heavy (non-hydrogen) atoms. The van der Waals surface area contributed by atoms with Crippen molar-refractivity contribution >= 4 is 5.78 Å². The molecule has 1 saturated heterocycles. The number of nitrogens with zero attached hydrogens (tertiary/aromatic N) is 1. The number of hydrogen-bond acceptors (Lipinski definition) is 2. The van der Waals surface area contributed by atoms with Gasteiger partial charge < -0.3 is 0 Å². The monoisotopic (exact) mass is 277 g/mol. The first-order chi connectivity index (χ1) is 8.97. The van der Waals surface area contributed by atoms with Crippen LogP contribution in [0.5, 0.6) is 0 Å². The first-order valence-corrected chi connectivity index (χ1v) is 7.31. The molecule has 1 saturated carbocycles. The molecule has 2 nitrogen and oxygen atoms in total. The van der Waals surface area contributed by atoms with Crippen LogP contribution in [0.15, 0.2) is 0 Å². The first-order valence-electron chi connectivity index (χ1n) is 7.31. The van der Waals surface area contributed by atoms with E-state index in [9.17, 15) is 18.0 Å². The van der Waals surface area contributed by atoms with E-state index >= 15 is 0 Å². The molecule has 5 heteroatoms. The SMILES string of the molecule is O=C1CCCCC1C1CCCN1CCCC(F)(F)F. The number of Topliss-reactive ketones (excluding diaryl/α,β-unsaturated/α-hetero) is 1. The second-order valence-corrected chi connectivity index (χ2v) is 5.78. The van der Waals surface area contributed by atoms with Crippen molar-refractivity contribution in [2.24, 2.45) is 5.92 Å². The highest BCUT2D eigenvalue weighted by Gasteiger charge is 2.37. The fourth-order valence-electron chi connectivity index (χ4n) is 3.48. The third-order valence-corrected chi connectivity index (χ3v) is 4.39. The average molecular weight is 277 g/mol. The van der Waals surface area contributed by atoms with Crippen LogP contribution in [-0.4, -0.2) is 36.0 Å². The Morgan fingerprint density at radius 2 is 1.95 bits per heavy atom. The molecule has 110 valence electrons. The smallest absolute Gasteiger partial charge is 0.300 e. The lowest BCUT2D eigenvalue weighted by molar-refractivity contribution is -0.137. The van der Waals surface area contributed by atoms with Crippen LogP contribution in [0.2, 0.25) is 0 Å². The Hall–Kier alpha value is -0.580.